The molecule has 0 spiro atoms. The van der Waals surface area contributed by atoms with Gasteiger partial charge in [0.15, 0.2) is 11.5 Å². The Kier molecular flexibility index (Phi) is 4.60. The molecule has 0 aliphatic carbocycles. The minimum atomic E-state index is -0.852. The molecule has 4 nitrogen and oxygen atoms in total. The zero-order valence-corrected chi connectivity index (χ0v) is 11.2. The fraction of sp³-hybridized carbons (Fsp3) is 0.188. The lowest BCUT2D eigenvalue weighted by molar-refractivity contribution is -0.136. The van der Waals surface area contributed by atoms with Gasteiger partial charge in [-0.05, 0) is 23.3 Å². The first-order chi connectivity index (χ1) is 9.70. The normalized spacial score (nSPS) is 10.1. The number of methoxy groups -OCH3 is 1. The fourth-order valence-electron chi connectivity index (χ4n) is 1.93. The van der Waals surface area contributed by atoms with Gasteiger partial charge in [-0.2, -0.15) is 0 Å². The minimum absolute atomic E-state index is 0.00847. The van der Waals surface area contributed by atoms with Crippen LogP contribution in [-0.2, 0) is 17.8 Å². The number of hydrogen-bond donors (Lipinski definition) is 1. The first-order valence-corrected chi connectivity index (χ1v) is 6.25. The molecule has 0 fully saturated rings. The van der Waals surface area contributed by atoms with Gasteiger partial charge in [0.2, 0.25) is 0 Å². The van der Waals surface area contributed by atoms with Gasteiger partial charge in [-0.25, -0.2) is 0 Å². The maximum Gasteiger partial charge on any atom is 0.307 e. The quantitative estimate of drug-likeness (QED) is 0.878. The van der Waals surface area contributed by atoms with Crippen molar-refractivity contribution in [2.45, 2.75) is 13.0 Å². The predicted octanol–water partition coefficient (Wildman–Crippen LogP) is 2.90. The first kappa shape index (κ1) is 13.9. The van der Waals surface area contributed by atoms with E-state index in [4.69, 9.17) is 14.6 Å². The van der Waals surface area contributed by atoms with Gasteiger partial charge in [0, 0.05) is 0 Å². The molecule has 2 rings (SSSR count). The number of aliphatic carboxylic acids is 1. The van der Waals surface area contributed by atoms with E-state index in [9.17, 15) is 4.79 Å². The van der Waals surface area contributed by atoms with Crippen LogP contribution in [0, 0.1) is 0 Å². The van der Waals surface area contributed by atoms with Crippen LogP contribution in [0.15, 0.2) is 48.5 Å². The van der Waals surface area contributed by atoms with Gasteiger partial charge in [-0.3, -0.25) is 4.79 Å². The molecular formula is C16H16O4. The third-order valence-electron chi connectivity index (χ3n) is 2.91. The minimum Gasteiger partial charge on any atom is -0.493 e. The molecule has 0 saturated heterocycles. The van der Waals surface area contributed by atoms with Gasteiger partial charge < -0.3 is 14.6 Å². The van der Waals surface area contributed by atoms with Crippen LogP contribution in [-0.4, -0.2) is 18.2 Å². The Balaban J connectivity index is 2.12. The number of carboxylic acid groups (broad SMARTS) is 1. The number of hydrogen-bond acceptors (Lipinski definition) is 3. The Bertz CT molecular complexity index is 593. The predicted molar refractivity (Wildman–Crippen MR) is 75.1 cm³/mol. The number of ether oxygens (including phenoxy) is 2. The molecule has 0 amide bonds. The van der Waals surface area contributed by atoms with Crippen molar-refractivity contribution in [3.63, 3.8) is 0 Å². The molecule has 0 atom stereocenters. The molecule has 104 valence electrons. The smallest absolute Gasteiger partial charge is 0.307 e. The second kappa shape index (κ2) is 6.61. The van der Waals surface area contributed by atoms with E-state index in [0.29, 0.717) is 18.1 Å². The highest BCUT2D eigenvalue weighted by Crippen LogP contribution is 2.27. The van der Waals surface area contributed by atoms with Gasteiger partial charge in [0.1, 0.15) is 6.61 Å². The van der Waals surface area contributed by atoms with E-state index < -0.39 is 5.97 Å². The highest BCUT2D eigenvalue weighted by atomic mass is 16.5. The SMILES string of the molecule is COc1ccccc1OCc1ccccc1CC(=O)O. The van der Waals surface area contributed by atoms with Crippen LogP contribution in [0.1, 0.15) is 11.1 Å². The van der Waals surface area contributed by atoms with Gasteiger partial charge in [0.25, 0.3) is 0 Å². The van der Waals surface area contributed by atoms with Crippen molar-refractivity contribution in [1.82, 2.24) is 0 Å². The van der Waals surface area contributed by atoms with E-state index in [0.717, 1.165) is 11.1 Å². The van der Waals surface area contributed by atoms with E-state index in [-0.39, 0.29) is 6.42 Å². The summed E-state index contributed by atoms with van der Waals surface area (Å²) in [6, 6.07) is 14.7. The second-order valence-electron chi connectivity index (χ2n) is 4.28. The Morgan fingerprint density at radius 3 is 2.25 bits per heavy atom. The van der Waals surface area contributed by atoms with Crippen LogP contribution in [0.25, 0.3) is 0 Å². The van der Waals surface area contributed by atoms with Crippen molar-refractivity contribution < 1.29 is 19.4 Å². The molecule has 0 aromatic heterocycles. The second-order valence-corrected chi connectivity index (χ2v) is 4.28. The summed E-state index contributed by atoms with van der Waals surface area (Å²) in [5, 5.41) is 8.90. The number of benzene rings is 2. The molecule has 2 aromatic carbocycles. The van der Waals surface area contributed by atoms with Crippen LogP contribution < -0.4 is 9.47 Å². The third-order valence-corrected chi connectivity index (χ3v) is 2.91. The monoisotopic (exact) mass is 272 g/mol. The van der Waals surface area contributed by atoms with Gasteiger partial charge >= 0.3 is 5.97 Å². The fourth-order valence-corrected chi connectivity index (χ4v) is 1.93. The summed E-state index contributed by atoms with van der Waals surface area (Å²) in [6.45, 7) is 0.309. The van der Waals surface area contributed by atoms with Crippen LogP contribution in [0.2, 0.25) is 0 Å². The molecule has 0 aliphatic rings. The average Bonchev–Trinajstić information content (AvgIpc) is 2.46. The maximum atomic E-state index is 10.8. The molecule has 0 aliphatic heterocycles. The number of carboxylic acids is 1. The third kappa shape index (κ3) is 3.51. The zero-order valence-electron chi connectivity index (χ0n) is 11.2. The summed E-state index contributed by atoms with van der Waals surface area (Å²) >= 11 is 0. The summed E-state index contributed by atoms with van der Waals surface area (Å²) in [7, 11) is 1.58. The molecule has 1 N–H and O–H groups in total. The van der Waals surface area contributed by atoms with Gasteiger partial charge in [-0.1, -0.05) is 36.4 Å². The summed E-state index contributed by atoms with van der Waals surface area (Å²) in [6.07, 6.45) is -0.00847. The van der Waals surface area contributed by atoms with E-state index in [1.165, 1.54) is 0 Å². The summed E-state index contributed by atoms with van der Waals surface area (Å²) in [5.74, 6) is 0.443. The number of para-hydroxylation sites is 2. The van der Waals surface area contributed by atoms with Crippen LogP contribution >= 0.6 is 0 Å². The number of rotatable bonds is 6. The molecular weight excluding hydrogens is 256 g/mol. The molecule has 0 heterocycles. The Labute approximate surface area is 117 Å². The van der Waals surface area contributed by atoms with E-state index in [1.807, 2.05) is 42.5 Å². The zero-order chi connectivity index (χ0) is 14.4. The van der Waals surface area contributed by atoms with Crippen molar-refractivity contribution in [1.29, 1.82) is 0 Å². The molecule has 2 aromatic rings. The largest absolute Gasteiger partial charge is 0.493 e. The van der Waals surface area contributed by atoms with Crippen molar-refractivity contribution in [3.05, 3.63) is 59.7 Å². The van der Waals surface area contributed by atoms with Crippen molar-refractivity contribution in [3.8, 4) is 11.5 Å². The summed E-state index contributed by atoms with van der Waals surface area (Å²) in [4.78, 5) is 10.8. The molecule has 0 bridgehead atoms. The Hall–Kier alpha value is -2.49. The number of carbonyl (C=O) groups is 1. The van der Waals surface area contributed by atoms with Crippen LogP contribution in [0.5, 0.6) is 11.5 Å². The Morgan fingerprint density at radius 1 is 1.00 bits per heavy atom. The van der Waals surface area contributed by atoms with Crippen molar-refractivity contribution in [2.75, 3.05) is 7.11 Å². The topological polar surface area (TPSA) is 55.8 Å². The van der Waals surface area contributed by atoms with E-state index >= 15 is 0 Å². The van der Waals surface area contributed by atoms with Crippen molar-refractivity contribution in [2.24, 2.45) is 0 Å². The standard InChI is InChI=1S/C16H16O4/c1-19-14-8-4-5-9-15(14)20-11-13-7-3-2-6-12(13)10-16(17)18/h2-9H,10-11H2,1H3,(H,17,18). The lowest BCUT2D eigenvalue weighted by atomic mass is 10.1. The highest BCUT2D eigenvalue weighted by Gasteiger charge is 2.08. The molecule has 0 radical (unpaired) electrons. The van der Waals surface area contributed by atoms with Gasteiger partial charge in [-0.15, -0.1) is 0 Å². The van der Waals surface area contributed by atoms with Crippen molar-refractivity contribution >= 4 is 5.97 Å². The van der Waals surface area contributed by atoms with Crippen LogP contribution in [0.4, 0.5) is 0 Å². The van der Waals surface area contributed by atoms with Crippen LogP contribution in [0.3, 0.4) is 0 Å². The van der Waals surface area contributed by atoms with E-state index in [1.54, 1.807) is 13.2 Å². The van der Waals surface area contributed by atoms with Gasteiger partial charge in [0.05, 0.1) is 13.5 Å². The molecule has 4 heteroatoms. The summed E-state index contributed by atoms with van der Waals surface area (Å²) in [5.41, 5.74) is 1.62. The molecule has 20 heavy (non-hydrogen) atoms. The summed E-state index contributed by atoms with van der Waals surface area (Å²) < 4.78 is 10.9. The van der Waals surface area contributed by atoms with E-state index in [2.05, 4.69) is 0 Å². The average molecular weight is 272 g/mol. The Morgan fingerprint density at radius 2 is 1.60 bits per heavy atom. The maximum absolute atomic E-state index is 10.8. The lowest BCUT2D eigenvalue weighted by Crippen LogP contribution is -2.06. The highest BCUT2D eigenvalue weighted by molar-refractivity contribution is 5.70. The lowest BCUT2D eigenvalue weighted by Gasteiger charge is -2.12. The molecule has 0 saturated carbocycles. The molecule has 0 unspecified atom stereocenters. The first-order valence-electron chi connectivity index (χ1n) is 6.25.